The van der Waals surface area contributed by atoms with E-state index >= 15 is 0 Å². The minimum Gasteiger partial charge on any atom is -0.410 e. The lowest BCUT2D eigenvalue weighted by molar-refractivity contribution is 0.117. The summed E-state index contributed by atoms with van der Waals surface area (Å²) in [6, 6.07) is 9.61. The zero-order chi connectivity index (χ0) is 11.5. The third-order valence-corrected chi connectivity index (χ3v) is 2.52. The van der Waals surface area contributed by atoms with Gasteiger partial charge in [0.05, 0.1) is 0 Å². The topological polar surface area (TPSA) is 54.2 Å². The third-order valence-electron chi connectivity index (χ3n) is 2.52. The van der Waals surface area contributed by atoms with Crippen LogP contribution in [-0.4, -0.2) is 16.6 Å². The highest BCUT2D eigenvalue weighted by molar-refractivity contribution is 6.45. The molecule has 84 valence electrons. The molecule has 1 N–H and O–H groups in total. The Hall–Kier alpha value is -1.84. The Kier molecular flexibility index (Phi) is 2.90. The molecule has 0 spiro atoms. The maximum Gasteiger partial charge on any atom is 0.199 e. The molecular weight excluding hydrogens is 204 g/mol. The molecule has 1 aliphatic rings. The number of benzene rings is 1. The predicted molar refractivity (Wildman–Crippen MR) is 61.8 cm³/mol. The summed E-state index contributed by atoms with van der Waals surface area (Å²) < 4.78 is 0. The van der Waals surface area contributed by atoms with Gasteiger partial charge in [-0.3, -0.25) is 0 Å². The molecule has 16 heavy (non-hydrogen) atoms. The standard InChI is InChI=1S/C12H14N2O2/c1-8(2)10-11(13-15)12(16-14-10)9-6-4-3-5-7-9/h3-8,12,15H,1-2H3/b13-11+. The monoisotopic (exact) mass is 218 g/mol. The molecule has 0 fully saturated rings. The van der Waals surface area contributed by atoms with E-state index in [1.54, 1.807) is 0 Å². The fourth-order valence-electron chi connectivity index (χ4n) is 1.69. The molecule has 1 aliphatic heterocycles. The van der Waals surface area contributed by atoms with Crippen LogP contribution in [0.4, 0.5) is 0 Å². The van der Waals surface area contributed by atoms with Crippen molar-refractivity contribution in [1.82, 2.24) is 0 Å². The van der Waals surface area contributed by atoms with E-state index in [4.69, 9.17) is 10.0 Å². The average molecular weight is 218 g/mol. The van der Waals surface area contributed by atoms with Crippen molar-refractivity contribution in [2.24, 2.45) is 16.2 Å². The van der Waals surface area contributed by atoms with Gasteiger partial charge >= 0.3 is 0 Å². The lowest BCUT2D eigenvalue weighted by Crippen LogP contribution is -2.21. The van der Waals surface area contributed by atoms with Gasteiger partial charge in [-0.25, -0.2) is 0 Å². The van der Waals surface area contributed by atoms with Crippen LogP contribution < -0.4 is 0 Å². The fraction of sp³-hybridized carbons (Fsp3) is 0.333. The van der Waals surface area contributed by atoms with E-state index in [9.17, 15) is 0 Å². The normalized spacial score (nSPS) is 22.3. The summed E-state index contributed by atoms with van der Waals surface area (Å²) in [5.74, 6) is 0.180. The molecule has 1 aromatic carbocycles. The van der Waals surface area contributed by atoms with Gasteiger partial charge in [0.15, 0.2) is 11.8 Å². The van der Waals surface area contributed by atoms with Crippen molar-refractivity contribution in [3.05, 3.63) is 35.9 Å². The second kappa shape index (κ2) is 4.35. The summed E-state index contributed by atoms with van der Waals surface area (Å²) in [6.07, 6.45) is -0.386. The van der Waals surface area contributed by atoms with Crippen molar-refractivity contribution in [1.29, 1.82) is 0 Å². The largest absolute Gasteiger partial charge is 0.410 e. The van der Waals surface area contributed by atoms with Crippen molar-refractivity contribution in [2.75, 3.05) is 0 Å². The maximum atomic E-state index is 9.04. The molecule has 0 radical (unpaired) electrons. The van der Waals surface area contributed by atoms with Gasteiger partial charge in [-0.15, -0.1) is 0 Å². The first-order chi connectivity index (χ1) is 7.74. The van der Waals surface area contributed by atoms with E-state index in [2.05, 4.69) is 10.3 Å². The number of rotatable bonds is 2. The van der Waals surface area contributed by atoms with Gasteiger partial charge in [-0.1, -0.05) is 54.5 Å². The second-order valence-corrected chi connectivity index (χ2v) is 4.01. The Morgan fingerprint density at radius 1 is 1.31 bits per heavy atom. The van der Waals surface area contributed by atoms with E-state index in [-0.39, 0.29) is 12.0 Å². The predicted octanol–water partition coefficient (Wildman–Crippen LogP) is 2.60. The summed E-state index contributed by atoms with van der Waals surface area (Å²) in [6.45, 7) is 3.97. The Labute approximate surface area is 94.2 Å². The van der Waals surface area contributed by atoms with Crippen LogP contribution in [0.5, 0.6) is 0 Å². The molecule has 2 rings (SSSR count). The molecule has 0 amide bonds. The SMILES string of the molecule is CC(C)C1=NOC(c2ccccc2)/C1=N/O. The Bertz CT molecular complexity index is 424. The molecule has 1 unspecified atom stereocenters. The summed E-state index contributed by atoms with van der Waals surface area (Å²) in [5, 5.41) is 16.3. The quantitative estimate of drug-likeness (QED) is 0.612. The average Bonchev–Trinajstić information content (AvgIpc) is 2.73. The first-order valence-electron chi connectivity index (χ1n) is 5.25. The van der Waals surface area contributed by atoms with Gasteiger partial charge in [-0.05, 0) is 0 Å². The highest BCUT2D eigenvalue weighted by Gasteiger charge is 2.33. The van der Waals surface area contributed by atoms with Gasteiger partial charge < -0.3 is 10.0 Å². The summed E-state index contributed by atoms with van der Waals surface area (Å²) in [4.78, 5) is 5.31. The lowest BCUT2D eigenvalue weighted by Gasteiger charge is -2.09. The Balaban J connectivity index is 2.29. The Morgan fingerprint density at radius 3 is 2.56 bits per heavy atom. The molecule has 4 nitrogen and oxygen atoms in total. The number of hydrogen-bond acceptors (Lipinski definition) is 4. The van der Waals surface area contributed by atoms with Gasteiger partial charge in [0.25, 0.3) is 0 Å². The van der Waals surface area contributed by atoms with Crippen LogP contribution >= 0.6 is 0 Å². The molecule has 0 saturated carbocycles. The van der Waals surface area contributed by atoms with Crippen molar-refractivity contribution in [3.63, 3.8) is 0 Å². The number of oxime groups is 2. The van der Waals surface area contributed by atoms with E-state index in [1.807, 2.05) is 44.2 Å². The van der Waals surface area contributed by atoms with Gasteiger partial charge in [-0.2, -0.15) is 0 Å². The van der Waals surface area contributed by atoms with Crippen molar-refractivity contribution >= 4 is 11.4 Å². The highest BCUT2D eigenvalue weighted by Crippen LogP contribution is 2.27. The first kappa shape index (κ1) is 10.7. The van der Waals surface area contributed by atoms with Gasteiger partial charge in [0.2, 0.25) is 0 Å². The molecule has 1 aromatic rings. The van der Waals surface area contributed by atoms with Crippen molar-refractivity contribution in [2.45, 2.75) is 20.0 Å². The van der Waals surface area contributed by atoms with Crippen LogP contribution in [0.3, 0.4) is 0 Å². The number of hydrogen-bond donors (Lipinski definition) is 1. The lowest BCUT2D eigenvalue weighted by atomic mass is 9.96. The van der Waals surface area contributed by atoms with Gasteiger partial charge in [0.1, 0.15) is 5.71 Å². The first-order valence-corrected chi connectivity index (χ1v) is 5.25. The highest BCUT2D eigenvalue weighted by atomic mass is 16.6. The smallest absolute Gasteiger partial charge is 0.199 e. The van der Waals surface area contributed by atoms with Crippen LogP contribution in [0, 0.1) is 5.92 Å². The van der Waals surface area contributed by atoms with E-state index in [0.717, 1.165) is 5.56 Å². The van der Waals surface area contributed by atoms with E-state index in [0.29, 0.717) is 11.4 Å². The summed E-state index contributed by atoms with van der Waals surface area (Å²) in [5.41, 5.74) is 2.15. The van der Waals surface area contributed by atoms with Crippen LogP contribution in [0.2, 0.25) is 0 Å². The van der Waals surface area contributed by atoms with E-state index in [1.165, 1.54) is 0 Å². The van der Waals surface area contributed by atoms with Crippen LogP contribution in [0.1, 0.15) is 25.5 Å². The minimum absolute atomic E-state index is 0.180. The molecule has 1 heterocycles. The molecule has 0 aromatic heterocycles. The van der Waals surface area contributed by atoms with Crippen LogP contribution in [0.25, 0.3) is 0 Å². The zero-order valence-corrected chi connectivity index (χ0v) is 9.29. The number of nitrogens with zero attached hydrogens (tertiary/aromatic N) is 2. The molecule has 1 atom stereocenters. The third kappa shape index (κ3) is 1.78. The summed E-state index contributed by atoms with van der Waals surface area (Å²) in [7, 11) is 0. The molecule has 0 bridgehead atoms. The minimum atomic E-state index is -0.386. The van der Waals surface area contributed by atoms with Gasteiger partial charge in [0, 0.05) is 11.5 Å². The molecule has 0 aliphatic carbocycles. The van der Waals surface area contributed by atoms with Crippen molar-refractivity contribution in [3.8, 4) is 0 Å². The van der Waals surface area contributed by atoms with Crippen LogP contribution in [-0.2, 0) is 4.84 Å². The fourth-order valence-corrected chi connectivity index (χ4v) is 1.69. The summed E-state index contributed by atoms with van der Waals surface area (Å²) >= 11 is 0. The molecule has 0 saturated heterocycles. The van der Waals surface area contributed by atoms with E-state index < -0.39 is 0 Å². The Morgan fingerprint density at radius 2 is 2.00 bits per heavy atom. The maximum absolute atomic E-state index is 9.04. The second-order valence-electron chi connectivity index (χ2n) is 4.01. The molecular formula is C12H14N2O2. The van der Waals surface area contributed by atoms with Crippen LogP contribution in [0.15, 0.2) is 40.6 Å². The van der Waals surface area contributed by atoms with Crippen molar-refractivity contribution < 1.29 is 10.0 Å². The molecule has 4 heteroatoms. The zero-order valence-electron chi connectivity index (χ0n) is 9.29.